The Hall–Kier alpha value is -3.55. The van der Waals surface area contributed by atoms with Crippen molar-refractivity contribution >= 4 is 23.6 Å². The molecule has 3 rings (SSSR count). The number of carbonyl (C=O) groups excluding carboxylic acids is 3. The highest BCUT2D eigenvalue weighted by atomic mass is 16.5. The van der Waals surface area contributed by atoms with Crippen LogP contribution in [0.4, 0.5) is 10.5 Å². The van der Waals surface area contributed by atoms with Gasteiger partial charge in [0, 0.05) is 37.3 Å². The van der Waals surface area contributed by atoms with Gasteiger partial charge >= 0.3 is 12.0 Å². The Labute approximate surface area is 207 Å². The first-order chi connectivity index (χ1) is 16.9. The molecule has 0 saturated carbocycles. The Morgan fingerprint density at radius 3 is 2.60 bits per heavy atom. The molecule has 188 valence electrons. The van der Waals surface area contributed by atoms with Crippen molar-refractivity contribution in [1.82, 2.24) is 10.2 Å². The standard InChI is InChI=1S/C27H35N3O5/c1-4-19-18-30(27(33)29-23-11-8-10-21(15-23)26(32)35-5-2)14-13-20(19)16-25(31)28-17-22-9-6-7-12-24(22)34-3/h6-12,15,19-20H,4-5,13-14,16-18H2,1-3H3,(H,28,31)(H,29,33)/t19-,20-/m0/s1. The minimum absolute atomic E-state index is 0.00744. The summed E-state index contributed by atoms with van der Waals surface area (Å²) in [7, 11) is 1.62. The molecule has 2 aromatic rings. The first-order valence-electron chi connectivity index (χ1n) is 12.2. The smallest absolute Gasteiger partial charge is 0.338 e. The second-order valence-electron chi connectivity index (χ2n) is 8.69. The third-order valence-corrected chi connectivity index (χ3v) is 6.44. The molecule has 8 nitrogen and oxygen atoms in total. The highest BCUT2D eigenvalue weighted by Gasteiger charge is 2.31. The van der Waals surface area contributed by atoms with Gasteiger partial charge in [-0.25, -0.2) is 9.59 Å². The molecule has 0 unspecified atom stereocenters. The summed E-state index contributed by atoms with van der Waals surface area (Å²) in [5, 5.41) is 5.89. The first kappa shape index (κ1) is 26.1. The van der Waals surface area contributed by atoms with E-state index in [1.807, 2.05) is 24.3 Å². The highest BCUT2D eigenvalue weighted by Crippen LogP contribution is 2.29. The molecule has 2 N–H and O–H groups in total. The molecule has 0 aliphatic carbocycles. The van der Waals surface area contributed by atoms with Gasteiger partial charge in [-0.2, -0.15) is 0 Å². The fourth-order valence-electron chi connectivity index (χ4n) is 4.49. The van der Waals surface area contributed by atoms with Crippen molar-refractivity contribution in [2.75, 3.05) is 32.1 Å². The summed E-state index contributed by atoms with van der Waals surface area (Å²) in [5.41, 5.74) is 1.88. The molecular weight excluding hydrogens is 446 g/mol. The van der Waals surface area contributed by atoms with Crippen molar-refractivity contribution in [2.24, 2.45) is 11.8 Å². The maximum Gasteiger partial charge on any atom is 0.338 e. The number of methoxy groups -OCH3 is 1. The van der Waals surface area contributed by atoms with Gasteiger partial charge in [0.15, 0.2) is 0 Å². The van der Waals surface area contributed by atoms with Gasteiger partial charge in [0.2, 0.25) is 5.91 Å². The van der Waals surface area contributed by atoms with Gasteiger partial charge in [-0.05, 0) is 49.4 Å². The van der Waals surface area contributed by atoms with Crippen LogP contribution in [-0.2, 0) is 16.1 Å². The zero-order valence-electron chi connectivity index (χ0n) is 20.7. The van der Waals surface area contributed by atoms with Crippen LogP contribution in [0, 0.1) is 11.8 Å². The predicted molar refractivity (Wildman–Crippen MR) is 134 cm³/mol. The number of hydrogen-bond donors (Lipinski definition) is 2. The van der Waals surface area contributed by atoms with Crippen LogP contribution in [0.1, 0.15) is 49.0 Å². The van der Waals surface area contributed by atoms with Crippen LogP contribution in [0.15, 0.2) is 48.5 Å². The number of anilines is 1. The first-order valence-corrected chi connectivity index (χ1v) is 12.2. The largest absolute Gasteiger partial charge is 0.496 e. The lowest BCUT2D eigenvalue weighted by atomic mass is 9.81. The third kappa shape index (κ3) is 7.21. The summed E-state index contributed by atoms with van der Waals surface area (Å²) in [5.74, 6) is 0.796. The van der Waals surface area contributed by atoms with E-state index in [-0.39, 0.29) is 23.8 Å². The van der Waals surface area contributed by atoms with Crippen LogP contribution in [0.25, 0.3) is 0 Å². The lowest BCUT2D eigenvalue weighted by Crippen LogP contribution is -2.46. The summed E-state index contributed by atoms with van der Waals surface area (Å²) in [6, 6.07) is 14.2. The van der Waals surface area contributed by atoms with E-state index in [1.54, 1.807) is 43.2 Å². The topological polar surface area (TPSA) is 97.0 Å². The minimum atomic E-state index is -0.417. The van der Waals surface area contributed by atoms with E-state index >= 15 is 0 Å². The molecule has 8 heteroatoms. The molecule has 1 aliphatic rings. The van der Waals surface area contributed by atoms with Gasteiger partial charge in [-0.15, -0.1) is 0 Å². The summed E-state index contributed by atoms with van der Waals surface area (Å²) in [4.78, 5) is 39.3. The predicted octanol–water partition coefficient (Wildman–Crippen LogP) is 4.46. The molecule has 0 aromatic heterocycles. The highest BCUT2D eigenvalue weighted by molar-refractivity contribution is 5.94. The van der Waals surface area contributed by atoms with E-state index in [4.69, 9.17) is 9.47 Å². The number of ether oxygens (including phenoxy) is 2. The number of amides is 3. The summed E-state index contributed by atoms with van der Waals surface area (Å²) < 4.78 is 10.4. The van der Waals surface area contributed by atoms with Crippen molar-refractivity contribution < 1.29 is 23.9 Å². The van der Waals surface area contributed by atoms with Crippen LogP contribution in [0.2, 0.25) is 0 Å². The third-order valence-electron chi connectivity index (χ3n) is 6.44. The molecule has 1 aliphatic heterocycles. The number of benzene rings is 2. The maximum absolute atomic E-state index is 12.9. The van der Waals surface area contributed by atoms with E-state index in [0.29, 0.717) is 43.9 Å². The van der Waals surface area contributed by atoms with Gasteiger partial charge in [0.05, 0.1) is 19.3 Å². The van der Waals surface area contributed by atoms with Crippen LogP contribution in [0.5, 0.6) is 5.75 Å². The lowest BCUT2D eigenvalue weighted by molar-refractivity contribution is -0.123. The second kappa shape index (κ2) is 12.8. The molecule has 2 atom stereocenters. The Morgan fingerprint density at radius 2 is 1.86 bits per heavy atom. The van der Waals surface area contributed by atoms with Crippen molar-refractivity contribution in [3.63, 3.8) is 0 Å². The minimum Gasteiger partial charge on any atom is -0.496 e. The maximum atomic E-state index is 12.9. The Bertz CT molecular complexity index is 1030. The number of piperidine rings is 1. The van der Waals surface area contributed by atoms with Gasteiger partial charge in [-0.1, -0.05) is 37.6 Å². The molecule has 1 saturated heterocycles. The van der Waals surface area contributed by atoms with E-state index in [1.165, 1.54) is 0 Å². The van der Waals surface area contributed by atoms with E-state index < -0.39 is 5.97 Å². The fourth-order valence-corrected chi connectivity index (χ4v) is 4.49. The molecule has 35 heavy (non-hydrogen) atoms. The van der Waals surface area contributed by atoms with Gasteiger partial charge < -0.3 is 25.0 Å². The quantitative estimate of drug-likeness (QED) is 0.516. The molecule has 3 amide bonds. The zero-order valence-corrected chi connectivity index (χ0v) is 20.7. The summed E-state index contributed by atoms with van der Waals surface area (Å²) >= 11 is 0. The Morgan fingerprint density at radius 1 is 1.06 bits per heavy atom. The number of nitrogens with one attached hydrogen (secondary N) is 2. The molecule has 0 radical (unpaired) electrons. The number of likely N-dealkylation sites (tertiary alicyclic amines) is 1. The van der Waals surface area contributed by atoms with Crippen molar-refractivity contribution in [3.8, 4) is 5.75 Å². The second-order valence-corrected chi connectivity index (χ2v) is 8.69. The van der Waals surface area contributed by atoms with Gasteiger partial charge in [0.25, 0.3) is 0 Å². The van der Waals surface area contributed by atoms with E-state index in [2.05, 4.69) is 17.6 Å². The number of rotatable bonds is 9. The summed E-state index contributed by atoms with van der Waals surface area (Å²) in [6.45, 7) is 5.72. The number of para-hydroxylation sites is 1. The molecular formula is C27H35N3O5. The van der Waals surface area contributed by atoms with Crippen LogP contribution >= 0.6 is 0 Å². The molecule has 1 fully saturated rings. The van der Waals surface area contributed by atoms with Crippen molar-refractivity contribution in [2.45, 2.75) is 39.7 Å². The van der Waals surface area contributed by atoms with Gasteiger partial charge in [-0.3, -0.25) is 4.79 Å². The van der Waals surface area contributed by atoms with Gasteiger partial charge in [0.1, 0.15) is 5.75 Å². The SMILES string of the molecule is CCOC(=O)c1cccc(NC(=O)N2CC[C@@H](CC(=O)NCc3ccccc3OC)[C@@H](CC)C2)c1. The number of nitrogens with zero attached hydrogens (tertiary/aromatic N) is 1. The van der Waals surface area contributed by atoms with Crippen LogP contribution in [0.3, 0.4) is 0 Å². The fraction of sp³-hybridized carbons (Fsp3) is 0.444. The molecule has 1 heterocycles. The lowest BCUT2D eigenvalue weighted by Gasteiger charge is -2.38. The Balaban J connectivity index is 1.52. The Kier molecular flexibility index (Phi) is 9.52. The average Bonchev–Trinajstić information content (AvgIpc) is 2.88. The number of hydrogen-bond acceptors (Lipinski definition) is 5. The summed E-state index contributed by atoms with van der Waals surface area (Å²) in [6.07, 6.45) is 2.08. The normalized spacial score (nSPS) is 17.4. The molecule has 2 aromatic carbocycles. The van der Waals surface area contributed by atoms with Crippen molar-refractivity contribution in [1.29, 1.82) is 0 Å². The zero-order chi connectivity index (χ0) is 25.2. The van der Waals surface area contributed by atoms with E-state index in [9.17, 15) is 14.4 Å². The monoisotopic (exact) mass is 481 g/mol. The van der Waals surface area contributed by atoms with Crippen LogP contribution in [-0.4, -0.2) is 49.6 Å². The molecule has 0 spiro atoms. The average molecular weight is 482 g/mol. The van der Waals surface area contributed by atoms with Crippen LogP contribution < -0.4 is 15.4 Å². The van der Waals surface area contributed by atoms with E-state index in [0.717, 1.165) is 24.2 Å². The molecule has 0 bridgehead atoms. The number of carbonyl (C=O) groups is 3. The number of esters is 1. The van der Waals surface area contributed by atoms with Crippen molar-refractivity contribution in [3.05, 3.63) is 59.7 Å². The number of urea groups is 1.